The van der Waals surface area contributed by atoms with Crippen LogP contribution in [0.2, 0.25) is 0 Å². The van der Waals surface area contributed by atoms with Crippen LogP contribution in [0.5, 0.6) is 0 Å². The Kier molecular flexibility index (Phi) is 6.31. The predicted molar refractivity (Wildman–Crippen MR) is 120 cm³/mol. The summed E-state index contributed by atoms with van der Waals surface area (Å²) in [4.78, 5) is 29.9. The number of fused-ring (bicyclic) bond motifs is 1. The Morgan fingerprint density at radius 2 is 1.82 bits per heavy atom. The van der Waals surface area contributed by atoms with Crippen LogP contribution in [-0.4, -0.2) is 36.9 Å². The molecule has 0 bridgehead atoms. The van der Waals surface area contributed by atoms with Crippen LogP contribution < -0.4 is 15.5 Å². The molecule has 1 aromatic heterocycles. The number of rotatable bonds is 5. The van der Waals surface area contributed by atoms with Gasteiger partial charge in [0, 0.05) is 49.2 Å². The molecule has 6 nitrogen and oxygen atoms in total. The number of hydrogen-bond acceptors (Lipinski definition) is 3. The molecule has 1 saturated heterocycles. The lowest BCUT2D eigenvalue weighted by Crippen LogP contribution is -2.40. The van der Waals surface area contributed by atoms with Gasteiger partial charge >= 0.3 is 6.18 Å². The van der Waals surface area contributed by atoms with Crippen molar-refractivity contribution < 1.29 is 22.8 Å². The molecule has 9 heteroatoms. The van der Waals surface area contributed by atoms with E-state index in [1.807, 2.05) is 24.3 Å². The maximum atomic E-state index is 12.9. The number of nitrogens with zero attached hydrogens (tertiary/aromatic N) is 1. The van der Waals surface area contributed by atoms with Crippen molar-refractivity contribution in [3.8, 4) is 0 Å². The van der Waals surface area contributed by atoms with Gasteiger partial charge in [0.2, 0.25) is 5.91 Å². The average Bonchev–Trinajstić information content (AvgIpc) is 3.26. The molecule has 1 fully saturated rings. The minimum Gasteiger partial charge on any atom is -0.371 e. The largest absolute Gasteiger partial charge is 0.416 e. The summed E-state index contributed by atoms with van der Waals surface area (Å²) in [5, 5.41) is 6.34. The predicted octanol–water partition coefficient (Wildman–Crippen LogP) is 4.08. The van der Waals surface area contributed by atoms with E-state index in [4.69, 9.17) is 0 Å². The van der Waals surface area contributed by atoms with E-state index in [-0.39, 0.29) is 24.3 Å². The van der Waals surface area contributed by atoms with E-state index in [0.717, 1.165) is 28.7 Å². The van der Waals surface area contributed by atoms with Gasteiger partial charge in [0.1, 0.15) is 5.69 Å². The highest BCUT2D eigenvalue weighted by atomic mass is 19.4. The third kappa shape index (κ3) is 4.97. The molecular formula is C24H25F3N4O2. The normalized spacial score (nSPS) is 15.0. The van der Waals surface area contributed by atoms with Crippen molar-refractivity contribution in [1.29, 1.82) is 0 Å². The smallest absolute Gasteiger partial charge is 0.371 e. The summed E-state index contributed by atoms with van der Waals surface area (Å²) in [6, 6.07) is 12.7. The summed E-state index contributed by atoms with van der Waals surface area (Å²) in [5.41, 5.74) is 2.06. The molecule has 0 spiro atoms. The highest BCUT2D eigenvalue weighted by Gasteiger charge is 2.30. The number of carbonyl (C=O) groups is 2. The fraction of sp³-hybridized carbons (Fsp3) is 0.333. The number of aromatic nitrogens is 1. The van der Waals surface area contributed by atoms with Gasteiger partial charge in [-0.15, -0.1) is 0 Å². The Morgan fingerprint density at radius 1 is 1.09 bits per heavy atom. The number of anilines is 1. The van der Waals surface area contributed by atoms with Gasteiger partial charge in [-0.25, -0.2) is 0 Å². The van der Waals surface area contributed by atoms with Crippen molar-refractivity contribution in [3.05, 3.63) is 65.4 Å². The summed E-state index contributed by atoms with van der Waals surface area (Å²) in [5.74, 6) is -0.527. The van der Waals surface area contributed by atoms with Crippen LogP contribution in [0.3, 0.4) is 0 Å². The van der Waals surface area contributed by atoms with Gasteiger partial charge in [-0.2, -0.15) is 13.2 Å². The lowest BCUT2D eigenvalue weighted by molar-refractivity contribution is -0.137. The number of piperidine rings is 1. The first-order chi connectivity index (χ1) is 15.8. The summed E-state index contributed by atoms with van der Waals surface area (Å²) in [6.45, 7) is 1.40. The van der Waals surface area contributed by atoms with Gasteiger partial charge in [-0.05, 0) is 48.7 Å². The molecule has 174 valence electrons. The molecule has 2 aromatic carbocycles. The van der Waals surface area contributed by atoms with Gasteiger partial charge < -0.3 is 20.5 Å². The number of carbonyl (C=O) groups excluding carboxylic acids is 2. The molecule has 0 saturated carbocycles. The number of amides is 2. The van der Waals surface area contributed by atoms with Crippen LogP contribution in [0.4, 0.5) is 18.9 Å². The Hall–Kier alpha value is -3.49. The van der Waals surface area contributed by atoms with Gasteiger partial charge in [0.25, 0.3) is 5.91 Å². The SMILES string of the molecule is CNC(=O)c1cc2c(N3CCC(C(=O)NCc4cccc(C(F)(F)F)c4)CC3)cccc2[nH]1. The van der Waals surface area contributed by atoms with Crippen molar-refractivity contribution in [1.82, 2.24) is 15.6 Å². The molecule has 0 atom stereocenters. The zero-order chi connectivity index (χ0) is 23.6. The quantitative estimate of drug-likeness (QED) is 0.539. The Morgan fingerprint density at radius 3 is 2.52 bits per heavy atom. The Bertz CT molecular complexity index is 1160. The summed E-state index contributed by atoms with van der Waals surface area (Å²) >= 11 is 0. The molecule has 4 rings (SSSR count). The van der Waals surface area contributed by atoms with Crippen LogP contribution in [0.1, 0.15) is 34.5 Å². The van der Waals surface area contributed by atoms with Crippen LogP contribution in [0.15, 0.2) is 48.5 Å². The van der Waals surface area contributed by atoms with E-state index in [1.54, 1.807) is 13.1 Å². The molecule has 1 aliphatic rings. The average molecular weight is 458 g/mol. The van der Waals surface area contributed by atoms with E-state index < -0.39 is 11.7 Å². The van der Waals surface area contributed by atoms with Crippen molar-refractivity contribution in [3.63, 3.8) is 0 Å². The number of benzene rings is 2. The minimum absolute atomic E-state index is 0.0634. The first-order valence-electron chi connectivity index (χ1n) is 10.8. The van der Waals surface area contributed by atoms with E-state index in [2.05, 4.69) is 20.5 Å². The molecule has 2 heterocycles. The summed E-state index contributed by atoms with van der Waals surface area (Å²) in [6.07, 6.45) is -3.13. The van der Waals surface area contributed by atoms with E-state index in [9.17, 15) is 22.8 Å². The third-order valence-electron chi connectivity index (χ3n) is 6.04. The maximum absolute atomic E-state index is 12.9. The van der Waals surface area contributed by atoms with E-state index >= 15 is 0 Å². The summed E-state index contributed by atoms with van der Waals surface area (Å²) in [7, 11) is 1.58. The van der Waals surface area contributed by atoms with Gasteiger partial charge in [-0.1, -0.05) is 18.2 Å². The van der Waals surface area contributed by atoms with Crippen LogP contribution in [0.25, 0.3) is 10.9 Å². The Labute approximate surface area is 189 Å². The molecule has 0 unspecified atom stereocenters. The second-order valence-corrected chi connectivity index (χ2v) is 8.18. The molecule has 2 amide bonds. The molecular weight excluding hydrogens is 433 g/mol. The first kappa shape index (κ1) is 22.7. The number of H-pyrrole nitrogens is 1. The number of nitrogens with one attached hydrogen (secondary N) is 3. The molecule has 3 aromatic rings. The van der Waals surface area contributed by atoms with Crippen LogP contribution >= 0.6 is 0 Å². The van der Waals surface area contributed by atoms with Crippen molar-refractivity contribution in [2.24, 2.45) is 5.92 Å². The maximum Gasteiger partial charge on any atom is 0.416 e. The third-order valence-corrected chi connectivity index (χ3v) is 6.04. The molecule has 33 heavy (non-hydrogen) atoms. The number of halogens is 3. The lowest BCUT2D eigenvalue weighted by Gasteiger charge is -2.33. The zero-order valence-corrected chi connectivity index (χ0v) is 18.1. The van der Waals surface area contributed by atoms with E-state index in [0.29, 0.717) is 37.2 Å². The molecule has 1 aliphatic heterocycles. The van der Waals surface area contributed by atoms with Crippen molar-refractivity contribution >= 4 is 28.4 Å². The second-order valence-electron chi connectivity index (χ2n) is 8.18. The van der Waals surface area contributed by atoms with Crippen LogP contribution in [-0.2, 0) is 17.5 Å². The number of alkyl halides is 3. The molecule has 3 N–H and O–H groups in total. The highest BCUT2D eigenvalue weighted by molar-refractivity contribution is 6.02. The number of hydrogen-bond donors (Lipinski definition) is 3. The van der Waals surface area contributed by atoms with Crippen LogP contribution in [0, 0.1) is 5.92 Å². The summed E-state index contributed by atoms with van der Waals surface area (Å²) < 4.78 is 38.6. The standard InChI is InChI=1S/C24H25F3N4O2/c1-28-23(33)20-13-18-19(30-20)6-3-7-21(18)31-10-8-16(9-11-31)22(32)29-14-15-4-2-5-17(12-15)24(25,26)27/h2-7,12-13,16,30H,8-11,14H2,1H3,(H,28,33)(H,29,32). The first-order valence-corrected chi connectivity index (χ1v) is 10.8. The monoisotopic (exact) mass is 458 g/mol. The van der Waals surface area contributed by atoms with E-state index in [1.165, 1.54) is 6.07 Å². The fourth-order valence-electron chi connectivity index (χ4n) is 4.25. The highest BCUT2D eigenvalue weighted by Crippen LogP contribution is 2.32. The second kappa shape index (κ2) is 9.17. The molecule has 0 radical (unpaired) electrons. The van der Waals surface area contributed by atoms with Gasteiger partial charge in [0.05, 0.1) is 5.56 Å². The zero-order valence-electron chi connectivity index (χ0n) is 18.1. The van der Waals surface area contributed by atoms with Gasteiger partial charge in [-0.3, -0.25) is 9.59 Å². The Balaban J connectivity index is 1.37. The number of aromatic amines is 1. The van der Waals surface area contributed by atoms with Crippen molar-refractivity contribution in [2.45, 2.75) is 25.6 Å². The topological polar surface area (TPSA) is 77.2 Å². The minimum atomic E-state index is -4.41. The van der Waals surface area contributed by atoms with Gasteiger partial charge in [0.15, 0.2) is 0 Å². The molecule has 0 aliphatic carbocycles. The fourth-order valence-corrected chi connectivity index (χ4v) is 4.25. The lowest BCUT2D eigenvalue weighted by atomic mass is 9.95. The van der Waals surface area contributed by atoms with Crippen molar-refractivity contribution in [2.75, 3.05) is 25.0 Å².